The standard InChI is InChI=1S/C18H21FN2O4/c1-2-25-7-3-6-20-15-9-16-12(8-14(15)19)17(22)13(18(23)24)10-21(16)11-4-5-11/h8-11,20H,2-7H2,1H3,(H,23,24). The molecule has 3 rings (SSSR count). The second-order valence-electron chi connectivity index (χ2n) is 6.14. The monoisotopic (exact) mass is 348 g/mol. The summed E-state index contributed by atoms with van der Waals surface area (Å²) in [5.74, 6) is -1.86. The van der Waals surface area contributed by atoms with E-state index in [1.54, 1.807) is 10.6 Å². The highest BCUT2D eigenvalue weighted by Gasteiger charge is 2.27. The Bertz CT molecular complexity index is 858. The Morgan fingerprint density at radius 1 is 1.44 bits per heavy atom. The van der Waals surface area contributed by atoms with Crippen LogP contribution in [0.3, 0.4) is 0 Å². The Kier molecular flexibility index (Phi) is 5.03. The van der Waals surface area contributed by atoms with Crippen LogP contribution in [0.15, 0.2) is 23.1 Å². The zero-order chi connectivity index (χ0) is 18.0. The van der Waals surface area contributed by atoms with Crippen LogP contribution in [0.4, 0.5) is 10.1 Å². The van der Waals surface area contributed by atoms with Gasteiger partial charge in [0.15, 0.2) is 0 Å². The summed E-state index contributed by atoms with van der Waals surface area (Å²) in [5.41, 5.74) is -0.107. The van der Waals surface area contributed by atoms with Gasteiger partial charge in [0.25, 0.3) is 0 Å². The van der Waals surface area contributed by atoms with Crippen molar-refractivity contribution >= 4 is 22.6 Å². The maximum Gasteiger partial charge on any atom is 0.341 e. The maximum absolute atomic E-state index is 14.4. The van der Waals surface area contributed by atoms with E-state index in [0.717, 1.165) is 25.3 Å². The summed E-state index contributed by atoms with van der Waals surface area (Å²) < 4.78 is 21.4. The van der Waals surface area contributed by atoms with Crippen molar-refractivity contribution in [2.75, 3.05) is 25.1 Å². The van der Waals surface area contributed by atoms with Crippen LogP contribution in [0, 0.1) is 5.82 Å². The van der Waals surface area contributed by atoms with Crippen molar-refractivity contribution in [2.24, 2.45) is 0 Å². The molecule has 0 amide bonds. The average molecular weight is 348 g/mol. The third-order valence-electron chi connectivity index (χ3n) is 4.28. The highest BCUT2D eigenvalue weighted by Crippen LogP contribution is 2.37. The summed E-state index contributed by atoms with van der Waals surface area (Å²) in [6, 6.07) is 2.89. The van der Waals surface area contributed by atoms with Crippen LogP contribution in [0.5, 0.6) is 0 Å². The summed E-state index contributed by atoms with van der Waals surface area (Å²) in [7, 11) is 0. The first-order valence-corrected chi connectivity index (χ1v) is 8.46. The molecule has 0 saturated heterocycles. The zero-order valence-corrected chi connectivity index (χ0v) is 14.0. The van der Waals surface area contributed by atoms with E-state index in [1.165, 1.54) is 6.20 Å². The van der Waals surface area contributed by atoms with Gasteiger partial charge in [-0.05, 0) is 38.3 Å². The number of halogens is 1. The molecule has 2 N–H and O–H groups in total. The topological polar surface area (TPSA) is 80.6 Å². The fraction of sp³-hybridized carbons (Fsp3) is 0.444. The number of aromatic nitrogens is 1. The zero-order valence-electron chi connectivity index (χ0n) is 14.0. The van der Waals surface area contributed by atoms with E-state index in [9.17, 15) is 19.1 Å². The fourth-order valence-corrected chi connectivity index (χ4v) is 2.85. The molecule has 6 nitrogen and oxygen atoms in total. The van der Waals surface area contributed by atoms with Crippen molar-refractivity contribution < 1.29 is 19.0 Å². The fourth-order valence-electron chi connectivity index (χ4n) is 2.85. The molecule has 1 fully saturated rings. The van der Waals surface area contributed by atoms with Crippen LogP contribution in [-0.2, 0) is 4.74 Å². The molecule has 0 radical (unpaired) electrons. The van der Waals surface area contributed by atoms with E-state index in [4.69, 9.17) is 4.74 Å². The first-order chi connectivity index (χ1) is 12.0. The van der Waals surface area contributed by atoms with E-state index in [0.29, 0.717) is 31.0 Å². The number of hydrogen-bond acceptors (Lipinski definition) is 4. The quantitative estimate of drug-likeness (QED) is 0.717. The average Bonchev–Trinajstić information content (AvgIpc) is 3.40. The lowest BCUT2D eigenvalue weighted by Crippen LogP contribution is -2.19. The van der Waals surface area contributed by atoms with Crippen LogP contribution in [-0.4, -0.2) is 35.4 Å². The minimum atomic E-state index is -1.29. The highest BCUT2D eigenvalue weighted by molar-refractivity contribution is 5.93. The molecule has 0 unspecified atom stereocenters. The molecular formula is C18H21FN2O4. The number of nitrogens with zero attached hydrogens (tertiary/aromatic N) is 1. The van der Waals surface area contributed by atoms with E-state index in [1.807, 2.05) is 6.92 Å². The number of carboxylic acids is 1. The maximum atomic E-state index is 14.4. The van der Waals surface area contributed by atoms with E-state index < -0.39 is 17.2 Å². The normalized spacial score (nSPS) is 14.0. The van der Waals surface area contributed by atoms with Crippen molar-refractivity contribution in [2.45, 2.75) is 32.2 Å². The van der Waals surface area contributed by atoms with E-state index >= 15 is 0 Å². The second-order valence-corrected chi connectivity index (χ2v) is 6.14. The lowest BCUT2D eigenvalue weighted by atomic mass is 10.1. The van der Waals surface area contributed by atoms with Crippen molar-refractivity contribution in [3.05, 3.63) is 39.9 Å². The number of pyridine rings is 1. The molecule has 1 saturated carbocycles. The van der Waals surface area contributed by atoms with Crippen molar-refractivity contribution in [3.63, 3.8) is 0 Å². The third kappa shape index (κ3) is 3.66. The molecule has 1 aromatic heterocycles. The van der Waals surface area contributed by atoms with E-state index in [-0.39, 0.29) is 17.0 Å². The number of carboxylic acid groups (broad SMARTS) is 1. The minimum absolute atomic E-state index is 0.101. The van der Waals surface area contributed by atoms with Gasteiger partial charge in [0.1, 0.15) is 11.4 Å². The predicted octanol–water partition coefficient (Wildman–Crippen LogP) is 3.01. The Balaban J connectivity index is 1.98. The number of aromatic carboxylic acids is 1. The molecular weight excluding hydrogens is 327 g/mol. The van der Waals surface area contributed by atoms with Gasteiger partial charge in [0, 0.05) is 37.4 Å². The number of fused-ring (bicyclic) bond motifs is 1. The molecule has 25 heavy (non-hydrogen) atoms. The lowest BCUT2D eigenvalue weighted by molar-refractivity contribution is 0.0695. The van der Waals surface area contributed by atoms with Gasteiger partial charge in [-0.3, -0.25) is 4.79 Å². The molecule has 0 aliphatic heterocycles. The number of anilines is 1. The Hall–Kier alpha value is -2.41. The van der Waals surface area contributed by atoms with Crippen LogP contribution >= 0.6 is 0 Å². The number of benzene rings is 1. The third-order valence-corrected chi connectivity index (χ3v) is 4.28. The summed E-state index contributed by atoms with van der Waals surface area (Å²) in [6.45, 7) is 3.69. The van der Waals surface area contributed by atoms with Gasteiger partial charge >= 0.3 is 5.97 Å². The van der Waals surface area contributed by atoms with Crippen LogP contribution in [0.2, 0.25) is 0 Å². The summed E-state index contributed by atoms with van der Waals surface area (Å²) in [4.78, 5) is 23.7. The Labute approximate surface area is 144 Å². The summed E-state index contributed by atoms with van der Waals surface area (Å²) in [6.07, 6.45) is 3.96. The molecule has 0 atom stereocenters. The van der Waals surface area contributed by atoms with Crippen molar-refractivity contribution in [3.8, 4) is 0 Å². The van der Waals surface area contributed by atoms with Gasteiger partial charge in [-0.1, -0.05) is 0 Å². The summed E-state index contributed by atoms with van der Waals surface area (Å²) >= 11 is 0. The SMILES string of the molecule is CCOCCCNc1cc2c(cc1F)c(=O)c(C(=O)O)cn2C1CC1. The number of ether oxygens (including phenoxy) is 1. The molecule has 2 aromatic rings. The first kappa shape index (κ1) is 17.4. The Morgan fingerprint density at radius 3 is 2.84 bits per heavy atom. The summed E-state index contributed by atoms with van der Waals surface area (Å²) in [5, 5.41) is 12.4. The van der Waals surface area contributed by atoms with Crippen molar-refractivity contribution in [1.82, 2.24) is 4.57 Å². The number of hydrogen-bond donors (Lipinski definition) is 2. The molecule has 7 heteroatoms. The van der Waals surface area contributed by atoms with Gasteiger partial charge in [0.05, 0.1) is 11.2 Å². The van der Waals surface area contributed by atoms with Crippen LogP contribution in [0.1, 0.15) is 42.6 Å². The highest BCUT2D eigenvalue weighted by atomic mass is 19.1. The van der Waals surface area contributed by atoms with Gasteiger partial charge in [-0.2, -0.15) is 0 Å². The largest absolute Gasteiger partial charge is 0.477 e. The molecule has 134 valence electrons. The smallest absolute Gasteiger partial charge is 0.341 e. The van der Waals surface area contributed by atoms with Crippen LogP contribution in [0.25, 0.3) is 10.9 Å². The Morgan fingerprint density at radius 2 is 2.20 bits per heavy atom. The lowest BCUT2D eigenvalue weighted by Gasteiger charge is -2.14. The minimum Gasteiger partial charge on any atom is -0.477 e. The number of carbonyl (C=O) groups is 1. The molecule has 1 aromatic carbocycles. The molecule has 1 heterocycles. The molecule has 1 aliphatic rings. The number of rotatable bonds is 8. The predicted molar refractivity (Wildman–Crippen MR) is 93.0 cm³/mol. The van der Waals surface area contributed by atoms with Gasteiger partial charge in [-0.15, -0.1) is 0 Å². The van der Waals surface area contributed by atoms with E-state index in [2.05, 4.69) is 5.32 Å². The van der Waals surface area contributed by atoms with Gasteiger partial charge < -0.3 is 19.7 Å². The molecule has 0 spiro atoms. The number of nitrogens with one attached hydrogen (secondary N) is 1. The first-order valence-electron chi connectivity index (χ1n) is 8.46. The second kappa shape index (κ2) is 7.23. The van der Waals surface area contributed by atoms with Crippen LogP contribution < -0.4 is 10.7 Å². The molecule has 0 bridgehead atoms. The van der Waals surface area contributed by atoms with Gasteiger partial charge in [0.2, 0.25) is 5.43 Å². The van der Waals surface area contributed by atoms with Gasteiger partial charge in [-0.25, -0.2) is 9.18 Å². The van der Waals surface area contributed by atoms with Crippen molar-refractivity contribution in [1.29, 1.82) is 0 Å². The molecule has 1 aliphatic carbocycles.